The lowest BCUT2D eigenvalue weighted by Crippen LogP contribution is -2.48. The summed E-state index contributed by atoms with van der Waals surface area (Å²) in [6.45, 7) is 5.31. The standard InChI is InChI=1S/C18H27NO4.ClH/c1-13-5-4-6-14(2)19(13)11-16(20)12-23-17-9-7-15(8-10-17)18(21)22-3;/h7-10,13-14,16,20H,4-6,11-12H2,1-3H3;1H. The molecule has 0 aromatic heterocycles. The summed E-state index contributed by atoms with van der Waals surface area (Å²) in [6, 6.07) is 7.75. The Morgan fingerprint density at radius 2 is 1.83 bits per heavy atom. The van der Waals surface area contributed by atoms with E-state index in [9.17, 15) is 9.90 Å². The third-order valence-electron chi connectivity index (χ3n) is 4.52. The predicted octanol–water partition coefficient (Wildman–Crippen LogP) is 2.90. The Bertz CT molecular complexity index is 498. The van der Waals surface area contributed by atoms with Crippen LogP contribution in [0.15, 0.2) is 24.3 Å². The molecule has 2 rings (SSSR count). The fourth-order valence-corrected chi connectivity index (χ4v) is 3.13. The number of rotatable bonds is 6. The number of halogens is 1. The van der Waals surface area contributed by atoms with Gasteiger partial charge in [0.1, 0.15) is 18.5 Å². The molecule has 136 valence electrons. The number of nitrogens with zero attached hydrogens (tertiary/aromatic N) is 1. The number of hydrogen-bond acceptors (Lipinski definition) is 5. The lowest BCUT2D eigenvalue weighted by Gasteiger charge is -2.40. The van der Waals surface area contributed by atoms with E-state index in [0.717, 1.165) is 0 Å². The number of likely N-dealkylation sites (tertiary alicyclic amines) is 1. The van der Waals surface area contributed by atoms with E-state index in [0.29, 0.717) is 29.9 Å². The molecule has 0 amide bonds. The van der Waals surface area contributed by atoms with Crippen LogP contribution in [0.1, 0.15) is 43.5 Å². The Labute approximate surface area is 150 Å². The molecule has 1 aliphatic rings. The first-order valence-corrected chi connectivity index (χ1v) is 8.26. The number of benzene rings is 1. The number of carbonyl (C=O) groups excluding carboxylic acids is 1. The number of hydrogen-bond donors (Lipinski definition) is 1. The zero-order chi connectivity index (χ0) is 16.8. The summed E-state index contributed by atoms with van der Waals surface area (Å²) in [7, 11) is 1.35. The topological polar surface area (TPSA) is 59.0 Å². The molecule has 5 nitrogen and oxygen atoms in total. The van der Waals surface area contributed by atoms with Crippen LogP contribution < -0.4 is 4.74 Å². The first kappa shape index (κ1) is 20.7. The molecule has 0 radical (unpaired) electrons. The number of methoxy groups -OCH3 is 1. The quantitative estimate of drug-likeness (QED) is 0.793. The number of esters is 1. The minimum atomic E-state index is -0.529. The maximum atomic E-state index is 11.4. The molecule has 6 heteroatoms. The van der Waals surface area contributed by atoms with Gasteiger partial charge in [-0.05, 0) is 51.0 Å². The molecule has 1 heterocycles. The van der Waals surface area contributed by atoms with Crippen molar-refractivity contribution >= 4 is 18.4 Å². The van der Waals surface area contributed by atoms with Crippen LogP contribution in [0, 0.1) is 0 Å². The van der Waals surface area contributed by atoms with Gasteiger partial charge in [-0.15, -0.1) is 12.4 Å². The van der Waals surface area contributed by atoms with Crippen molar-refractivity contribution in [1.29, 1.82) is 0 Å². The molecule has 0 aliphatic carbocycles. The van der Waals surface area contributed by atoms with Crippen LogP contribution in [0.2, 0.25) is 0 Å². The molecule has 1 saturated heterocycles. The summed E-state index contributed by atoms with van der Waals surface area (Å²) >= 11 is 0. The van der Waals surface area contributed by atoms with Gasteiger partial charge in [0.05, 0.1) is 12.7 Å². The lowest BCUT2D eigenvalue weighted by molar-refractivity contribution is 0.0209. The van der Waals surface area contributed by atoms with E-state index >= 15 is 0 Å². The van der Waals surface area contributed by atoms with E-state index in [1.54, 1.807) is 24.3 Å². The smallest absolute Gasteiger partial charge is 0.337 e. The molecule has 1 N–H and O–H groups in total. The van der Waals surface area contributed by atoms with Crippen molar-refractivity contribution in [3.63, 3.8) is 0 Å². The molecular weight excluding hydrogens is 330 g/mol. The highest BCUT2D eigenvalue weighted by molar-refractivity contribution is 5.89. The predicted molar refractivity (Wildman–Crippen MR) is 96.0 cm³/mol. The first-order valence-electron chi connectivity index (χ1n) is 8.26. The molecule has 1 aromatic carbocycles. The summed E-state index contributed by atoms with van der Waals surface area (Å²) in [4.78, 5) is 13.7. The molecule has 1 fully saturated rings. The zero-order valence-electron chi connectivity index (χ0n) is 14.6. The summed E-state index contributed by atoms with van der Waals surface area (Å²) < 4.78 is 10.3. The van der Waals surface area contributed by atoms with Crippen molar-refractivity contribution in [1.82, 2.24) is 4.90 Å². The molecule has 1 aliphatic heterocycles. The first-order chi connectivity index (χ1) is 11.0. The third kappa shape index (κ3) is 5.65. The monoisotopic (exact) mass is 357 g/mol. The SMILES string of the molecule is COC(=O)c1ccc(OCC(O)CN2C(C)CCCC2C)cc1.Cl. The van der Waals surface area contributed by atoms with Gasteiger partial charge in [0, 0.05) is 18.6 Å². The van der Waals surface area contributed by atoms with Gasteiger partial charge in [-0.1, -0.05) is 6.42 Å². The second-order valence-corrected chi connectivity index (χ2v) is 6.31. The summed E-state index contributed by atoms with van der Waals surface area (Å²) in [5.41, 5.74) is 0.483. The molecule has 0 spiro atoms. The average Bonchev–Trinajstić information content (AvgIpc) is 2.56. The summed E-state index contributed by atoms with van der Waals surface area (Å²) in [6.07, 6.45) is 3.11. The fraction of sp³-hybridized carbons (Fsp3) is 0.611. The Hall–Kier alpha value is -1.30. The van der Waals surface area contributed by atoms with Crippen molar-refractivity contribution in [2.24, 2.45) is 0 Å². The highest BCUT2D eigenvalue weighted by Crippen LogP contribution is 2.22. The number of piperidine rings is 1. The van der Waals surface area contributed by atoms with Gasteiger partial charge >= 0.3 is 5.97 Å². The molecule has 3 atom stereocenters. The Morgan fingerprint density at radius 1 is 1.25 bits per heavy atom. The molecule has 0 bridgehead atoms. The Morgan fingerprint density at radius 3 is 2.38 bits per heavy atom. The van der Waals surface area contributed by atoms with E-state index in [2.05, 4.69) is 23.5 Å². The van der Waals surface area contributed by atoms with E-state index in [1.807, 2.05) is 0 Å². The van der Waals surface area contributed by atoms with Gasteiger partial charge < -0.3 is 14.6 Å². The van der Waals surface area contributed by atoms with E-state index in [1.165, 1.54) is 26.4 Å². The third-order valence-corrected chi connectivity index (χ3v) is 4.52. The van der Waals surface area contributed by atoms with E-state index in [-0.39, 0.29) is 25.0 Å². The van der Waals surface area contributed by atoms with Crippen LogP contribution in [0.3, 0.4) is 0 Å². The fourth-order valence-electron chi connectivity index (χ4n) is 3.13. The van der Waals surface area contributed by atoms with Crippen LogP contribution in [0.4, 0.5) is 0 Å². The van der Waals surface area contributed by atoms with Crippen molar-refractivity contribution in [3.05, 3.63) is 29.8 Å². The van der Waals surface area contributed by atoms with Crippen LogP contribution in [-0.4, -0.2) is 54.4 Å². The highest BCUT2D eigenvalue weighted by Gasteiger charge is 2.26. The second-order valence-electron chi connectivity index (χ2n) is 6.31. The highest BCUT2D eigenvalue weighted by atomic mass is 35.5. The van der Waals surface area contributed by atoms with Crippen molar-refractivity contribution < 1.29 is 19.4 Å². The summed E-state index contributed by atoms with van der Waals surface area (Å²) in [5.74, 6) is 0.265. The van der Waals surface area contributed by atoms with Crippen LogP contribution >= 0.6 is 12.4 Å². The van der Waals surface area contributed by atoms with Gasteiger partial charge in [0.15, 0.2) is 0 Å². The van der Waals surface area contributed by atoms with Gasteiger partial charge in [-0.2, -0.15) is 0 Å². The van der Waals surface area contributed by atoms with Crippen molar-refractivity contribution in [3.8, 4) is 5.75 Å². The van der Waals surface area contributed by atoms with Crippen molar-refractivity contribution in [2.45, 2.75) is 51.3 Å². The number of aliphatic hydroxyl groups excluding tert-OH is 1. The van der Waals surface area contributed by atoms with Crippen LogP contribution in [0.25, 0.3) is 0 Å². The molecular formula is C18H28ClNO4. The Kier molecular flexibility index (Phi) is 8.53. The number of ether oxygens (including phenoxy) is 2. The molecule has 0 saturated carbocycles. The number of β-amino-alcohol motifs (C(OH)–C–C–N with tert-alkyl or cyclic N) is 1. The van der Waals surface area contributed by atoms with E-state index < -0.39 is 6.10 Å². The zero-order valence-corrected chi connectivity index (χ0v) is 15.4. The average molecular weight is 358 g/mol. The van der Waals surface area contributed by atoms with Gasteiger partial charge in [-0.25, -0.2) is 4.79 Å². The van der Waals surface area contributed by atoms with Crippen molar-refractivity contribution in [2.75, 3.05) is 20.3 Å². The minimum absolute atomic E-state index is 0. The number of carbonyl (C=O) groups is 1. The van der Waals surface area contributed by atoms with Gasteiger partial charge in [0.2, 0.25) is 0 Å². The molecule has 1 aromatic rings. The molecule has 24 heavy (non-hydrogen) atoms. The summed E-state index contributed by atoms with van der Waals surface area (Å²) in [5, 5.41) is 10.2. The van der Waals surface area contributed by atoms with Gasteiger partial charge in [0.25, 0.3) is 0 Å². The second kappa shape index (κ2) is 9.87. The lowest BCUT2D eigenvalue weighted by atomic mass is 9.97. The van der Waals surface area contributed by atoms with E-state index in [4.69, 9.17) is 4.74 Å². The number of aliphatic hydroxyl groups is 1. The Balaban J connectivity index is 0.00000288. The normalized spacial score (nSPS) is 22.3. The van der Waals surface area contributed by atoms with Crippen LogP contribution in [-0.2, 0) is 4.74 Å². The van der Waals surface area contributed by atoms with Crippen LogP contribution in [0.5, 0.6) is 5.75 Å². The van der Waals surface area contributed by atoms with Gasteiger partial charge in [-0.3, -0.25) is 4.90 Å². The largest absolute Gasteiger partial charge is 0.491 e. The minimum Gasteiger partial charge on any atom is -0.491 e. The molecule has 3 unspecified atom stereocenters. The maximum Gasteiger partial charge on any atom is 0.337 e. The maximum absolute atomic E-state index is 11.4.